The van der Waals surface area contributed by atoms with E-state index in [1.165, 1.54) is 0 Å². The predicted molar refractivity (Wildman–Crippen MR) is 119 cm³/mol. The second-order valence-corrected chi connectivity index (χ2v) is 9.08. The number of nitrogens with zero attached hydrogens (tertiary/aromatic N) is 5. The maximum Gasteiger partial charge on any atom is 0.260 e. The zero-order valence-corrected chi connectivity index (χ0v) is 18.7. The summed E-state index contributed by atoms with van der Waals surface area (Å²) in [6, 6.07) is 4.78. The highest BCUT2D eigenvalue weighted by atomic mass is 19.3. The highest BCUT2D eigenvalue weighted by Crippen LogP contribution is 2.51. The van der Waals surface area contributed by atoms with Crippen molar-refractivity contribution in [3.63, 3.8) is 0 Å². The number of rotatable bonds is 7. The number of amides is 1. The molecule has 4 heterocycles. The molecule has 2 aliphatic heterocycles. The van der Waals surface area contributed by atoms with E-state index in [0.717, 1.165) is 12.8 Å². The first-order valence-corrected chi connectivity index (χ1v) is 11.5. The molecule has 3 aliphatic rings. The topological polar surface area (TPSA) is 112 Å². The minimum absolute atomic E-state index is 0.107. The number of ketones is 1. The van der Waals surface area contributed by atoms with Gasteiger partial charge in [0.15, 0.2) is 5.78 Å². The van der Waals surface area contributed by atoms with Crippen LogP contribution < -0.4 is 10.2 Å². The van der Waals surface area contributed by atoms with E-state index in [1.807, 2.05) is 0 Å². The summed E-state index contributed by atoms with van der Waals surface area (Å²) in [6.07, 6.45) is 3.14. The van der Waals surface area contributed by atoms with Crippen LogP contribution >= 0.6 is 0 Å². The maximum absolute atomic E-state index is 13.5. The summed E-state index contributed by atoms with van der Waals surface area (Å²) in [7, 11) is 0. The largest absolute Gasteiger partial charge is 0.390 e. The number of aliphatic hydroxyl groups excluding tert-OH is 1. The molecule has 0 spiro atoms. The van der Waals surface area contributed by atoms with Crippen LogP contribution in [-0.4, -0.2) is 67.7 Å². The van der Waals surface area contributed by atoms with E-state index in [1.54, 1.807) is 36.2 Å². The number of piperazine rings is 1. The van der Waals surface area contributed by atoms with Gasteiger partial charge in [0.05, 0.1) is 12.3 Å². The van der Waals surface area contributed by atoms with Crippen LogP contribution in [0.2, 0.25) is 0 Å². The average Bonchev–Trinajstić information content (AvgIpc) is 3.40. The summed E-state index contributed by atoms with van der Waals surface area (Å²) in [4.78, 5) is 41.5. The molecule has 5 rings (SSSR count). The van der Waals surface area contributed by atoms with Crippen LogP contribution in [0.4, 0.5) is 26.2 Å². The molecule has 1 saturated carbocycles. The minimum Gasteiger partial charge on any atom is -0.390 e. The van der Waals surface area contributed by atoms with Gasteiger partial charge in [0.25, 0.3) is 5.92 Å². The van der Waals surface area contributed by atoms with E-state index in [2.05, 4.69) is 25.2 Å². The Morgan fingerprint density at radius 3 is 2.53 bits per heavy atom. The van der Waals surface area contributed by atoms with Gasteiger partial charge in [-0.2, -0.15) is 4.98 Å². The van der Waals surface area contributed by atoms with Crippen LogP contribution in [0.1, 0.15) is 48.8 Å². The zero-order valence-electron chi connectivity index (χ0n) is 18.7. The zero-order chi connectivity index (χ0) is 24.0. The first-order valence-electron chi connectivity index (χ1n) is 11.5. The number of nitrogens with one attached hydrogen (secondary N) is 1. The van der Waals surface area contributed by atoms with Gasteiger partial charge in [-0.1, -0.05) is 6.92 Å². The summed E-state index contributed by atoms with van der Waals surface area (Å²) in [5.41, 5.74) is 1.15. The van der Waals surface area contributed by atoms with Gasteiger partial charge in [-0.25, -0.2) is 18.7 Å². The minimum atomic E-state index is -2.86. The Morgan fingerprint density at radius 2 is 1.91 bits per heavy atom. The predicted octanol–water partition coefficient (Wildman–Crippen LogP) is 2.54. The third kappa shape index (κ3) is 4.20. The van der Waals surface area contributed by atoms with Crippen molar-refractivity contribution in [2.24, 2.45) is 5.92 Å². The van der Waals surface area contributed by atoms with Crippen molar-refractivity contribution in [1.82, 2.24) is 19.9 Å². The number of carbonyl (C=O) groups excluding carboxylic acids is 2. The smallest absolute Gasteiger partial charge is 0.260 e. The van der Waals surface area contributed by atoms with Gasteiger partial charge in [-0.05, 0) is 31.0 Å². The first-order chi connectivity index (χ1) is 16.3. The van der Waals surface area contributed by atoms with Crippen LogP contribution in [0.3, 0.4) is 0 Å². The molecular weight excluding hydrogens is 446 g/mol. The monoisotopic (exact) mass is 472 g/mol. The van der Waals surface area contributed by atoms with E-state index >= 15 is 0 Å². The molecule has 2 saturated heterocycles. The molecule has 2 N–H and O–H groups in total. The van der Waals surface area contributed by atoms with E-state index in [4.69, 9.17) is 0 Å². The fraction of sp³-hybridized carbons (Fsp3) is 0.522. The number of pyridine rings is 1. The lowest BCUT2D eigenvalue weighted by molar-refractivity contribution is -0.138. The molecule has 2 aromatic rings. The van der Waals surface area contributed by atoms with E-state index in [0.29, 0.717) is 42.7 Å². The van der Waals surface area contributed by atoms with Gasteiger partial charge in [0, 0.05) is 49.9 Å². The Bertz CT molecular complexity index is 1120. The highest BCUT2D eigenvalue weighted by molar-refractivity contribution is 5.95. The van der Waals surface area contributed by atoms with Crippen molar-refractivity contribution in [3.05, 3.63) is 35.8 Å². The summed E-state index contributed by atoms with van der Waals surface area (Å²) < 4.78 is 26.9. The molecule has 3 fully saturated rings. The van der Waals surface area contributed by atoms with Gasteiger partial charge in [-0.15, -0.1) is 0 Å². The SMILES string of the molecule is CCC(=O)c1cc(Nc2nccc(N3C[C@H]4CC[C@@H](C3)N4C(=O)[C@@H]3CC3(F)F)n2)cc(CO)n1. The lowest BCUT2D eigenvalue weighted by Gasteiger charge is -2.41. The molecule has 0 radical (unpaired) electrons. The van der Waals surface area contributed by atoms with Crippen molar-refractivity contribution in [2.75, 3.05) is 23.3 Å². The summed E-state index contributed by atoms with van der Waals surface area (Å²) in [6.45, 7) is 2.48. The number of hydrogen-bond donors (Lipinski definition) is 2. The third-order valence-electron chi connectivity index (χ3n) is 6.73. The lowest BCUT2D eigenvalue weighted by atomic mass is 10.1. The molecule has 0 unspecified atom stereocenters. The number of halogens is 2. The normalized spacial score (nSPS) is 24.8. The van der Waals surface area contributed by atoms with Crippen molar-refractivity contribution in [2.45, 2.75) is 57.2 Å². The number of hydrogen-bond acceptors (Lipinski definition) is 8. The van der Waals surface area contributed by atoms with Crippen LogP contribution in [0.15, 0.2) is 24.4 Å². The summed E-state index contributed by atoms with van der Waals surface area (Å²) in [5, 5.41) is 12.6. The lowest BCUT2D eigenvalue weighted by Crippen LogP contribution is -2.56. The number of carbonyl (C=O) groups is 2. The number of aliphatic hydroxyl groups is 1. The molecule has 34 heavy (non-hydrogen) atoms. The van der Waals surface area contributed by atoms with E-state index < -0.39 is 17.7 Å². The molecule has 1 aliphatic carbocycles. The molecule has 3 atom stereocenters. The van der Waals surface area contributed by atoms with E-state index in [9.17, 15) is 23.5 Å². The number of Topliss-reactive ketones (excluding diaryl/α,β-unsaturated/α-hetero) is 1. The van der Waals surface area contributed by atoms with Gasteiger partial charge < -0.3 is 20.2 Å². The Kier molecular flexibility index (Phi) is 5.67. The Morgan fingerprint density at radius 1 is 1.21 bits per heavy atom. The van der Waals surface area contributed by atoms with Crippen molar-refractivity contribution in [3.8, 4) is 0 Å². The van der Waals surface area contributed by atoms with Crippen molar-refractivity contribution >= 4 is 29.1 Å². The molecule has 0 aromatic carbocycles. The Labute approximate surface area is 195 Å². The molecule has 11 heteroatoms. The standard InChI is InChI=1S/C23H26F2N6O3/c1-2-19(33)18-8-13(7-14(12-32)27-18)28-22-26-6-5-20(29-22)30-10-15-3-4-16(11-30)31(15)21(34)17-9-23(17,24)25/h5-8,15-17,32H,2-4,9-12H2,1H3,(H,26,27,28,29)/t15-,16+,17-/m0/s1. The van der Waals surface area contributed by atoms with Crippen molar-refractivity contribution < 1.29 is 23.5 Å². The molecule has 9 nitrogen and oxygen atoms in total. The van der Waals surface area contributed by atoms with Crippen LogP contribution in [0.25, 0.3) is 0 Å². The molecule has 180 valence electrons. The molecule has 1 amide bonds. The van der Waals surface area contributed by atoms with Crippen molar-refractivity contribution in [1.29, 1.82) is 0 Å². The van der Waals surface area contributed by atoms with Gasteiger partial charge in [0.2, 0.25) is 11.9 Å². The fourth-order valence-electron chi connectivity index (χ4n) is 4.89. The molecular formula is C23H26F2N6O3. The molecule has 2 bridgehead atoms. The Balaban J connectivity index is 1.31. The summed E-state index contributed by atoms with van der Waals surface area (Å²) in [5.74, 6) is -3.60. The first kappa shape index (κ1) is 22.6. The quantitative estimate of drug-likeness (QED) is 0.592. The van der Waals surface area contributed by atoms with Crippen LogP contribution in [0.5, 0.6) is 0 Å². The number of anilines is 3. The maximum atomic E-state index is 13.5. The fourth-order valence-corrected chi connectivity index (χ4v) is 4.89. The second-order valence-electron chi connectivity index (χ2n) is 9.08. The van der Waals surface area contributed by atoms with E-state index in [-0.39, 0.29) is 36.6 Å². The Hall–Kier alpha value is -3.21. The molecule has 2 aromatic heterocycles. The van der Waals surface area contributed by atoms with Gasteiger partial charge in [0.1, 0.15) is 17.4 Å². The van der Waals surface area contributed by atoms with Crippen LogP contribution in [-0.2, 0) is 11.4 Å². The number of alkyl halides is 2. The van der Waals surface area contributed by atoms with Crippen LogP contribution in [0, 0.1) is 5.92 Å². The number of aromatic nitrogens is 3. The summed E-state index contributed by atoms with van der Waals surface area (Å²) >= 11 is 0. The van der Waals surface area contributed by atoms with Gasteiger partial charge >= 0.3 is 0 Å². The van der Waals surface area contributed by atoms with Gasteiger partial charge in [-0.3, -0.25) is 9.59 Å². The third-order valence-corrected chi connectivity index (χ3v) is 6.73. The average molecular weight is 472 g/mol. The highest BCUT2D eigenvalue weighted by Gasteiger charge is 2.64. The number of fused-ring (bicyclic) bond motifs is 2. The second kappa shape index (κ2) is 8.53.